The Morgan fingerprint density at radius 2 is 0.921 bits per heavy atom. The van der Waals surface area contributed by atoms with Gasteiger partial charge in [-0.1, -0.05) is 94.6 Å². The van der Waals surface area contributed by atoms with E-state index in [4.69, 9.17) is 4.42 Å². The van der Waals surface area contributed by atoms with Crippen molar-refractivity contribution >= 4 is 96.7 Å². The third kappa shape index (κ3) is 3.13. The molecule has 0 fully saturated rings. The molecular formula is C32H24B4O2. The molecule has 0 aliphatic carbocycles. The van der Waals surface area contributed by atoms with Gasteiger partial charge in [-0.25, -0.2) is 0 Å². The highest BCUT2D eigenvalue weighted by atomic mass is 16.3. The van der Waals surface area contributed by atoms with Crippen LogP contribution in [0.25, 0.3) is 65.7 Å². The smallest absolute Gasteiger partial charge is 0.143 e. The minimum absolute atomic E-state index is 0.398. The van der Waals surface area contributed by atoms with E-state index in [-0.39, 0.29) is 0 Å². The van der Waals surface area contributed by atoms with Crippen LogP contribution < -0.4 is 21.9 Å². The average Bonchev–Trinajstić information content (AvgIpc) is 3.33. The molecule has 1 N–H and O–H groups in total. The number of hydrogen-bond donors (Lipinski definition) is 1. The lowest BCUT2D eigenvalue weighted by Crippen LogP contribution is -2.42. The fraction of sp³-hybridized carbons (Fsp3) is 0. The van der Waals surface area contributed by atoms with Crippen molar-refractivity contribution < 1.29 is 9.52 Å². The van der Waals surface area contributed by atoms with Crippen molar-refractivity contribution in [3.63, 3.8) is 0 Å². The van der Waals surface area contributed by atoms with E-state index in [0.29, 0.717) is 5.75 Å². The first-order valence-corrected chi connectivity index (χ1v) is 13.1. The van der Waals surface area contributed by atoms with Crippen LogP contribution in [0.5, 0.6) is 5.75 Å². The summed E-state index contributed by atoms with van der Waals surface area (Å²) in [6.07, 6.45) is 0. The molecule has 0 atom stereocenters. The van der Waals surface area contributed by atoms with E-state index in [1.165, 1.54) is 43.8 Å². The summed E-state index contributed by atoms with van der Waals surface area (Å²) < 4.78 is 6.13. The summed E-state index contributed by atoms with van der Waals surface area (Å²) in [7, 11) is 8.30. The van der Waals surface area contributed by atoms with Gasteiger partial charge in [0.15, 0.2) is 0 Å². The van der Waals surface area contributed by atoms with Gasteiger partial charge in [0, 0.05) is 10.8 Å². The van der Waals surface area contributed by atoms with E-state index < -0.39 is 0 Å². The number of rotatable bonds is 2. The molecule has 6 aromatic carbocycles. The fourth-order valence-electron chi connectivity index (χ4n) is 6.26. The molecule has 7 rings (SSSR count). The largest absolute Gasteiger partial charge is 0.509 e. The molecule has 0 amide bonds. The van der Waals surface area contributed by atoms with E-state index >= 15 is 0 Å². The first-order chi connectivity index (χ1) is 18.5. The number of fused-ring (bicyclic) bond motifs is 5. The molecule has 0 radical (unpaired) electrons. The summed E-state index contributed by atoms with van der Waals surface area (Å²) in [6.45, 7) is 0. The van der Waals surface area contributed by atoms with Gasteiger partial charge in [-0.3, -0.25) is 0 Å². The molecule has 38 heavy (non-hydrogen) atoms. The third-order valence-corrected chi connectivity index (χ3v) is 8.43. The molecule has 0 aliphatic heterocycles. The molecule has 176 valence electrons. The van der Waals surface area contributed by atoms with Gasteiger partial charge in [0.1, 0.15) is 48.3 Å². The third-order valence-electron chi connectivity index (χ3n) is 8.43. The Balaban J connectivity index is 1.64. The zero-order valence-corrected chi connectivity index (χ0v) is 22.0. The highest BCUT2D eigenvalue weighted by Gasteiger charge is 2.21. The average molecular weight is 484 g/mol. The highest BCUT2D eigenvalue weighted by molar-refractivity contribution is 6.61. The number of phenols is 1. The van der Waals surface area contributed by atoms with Crippen LogP contribution >= 0.6 is 0 Å². The molecule has 0 spiro atoms. The summed E-state index contributed by atoms with van der Waals surface area (Å²) in [5, 5.41) is 17.9. The van der Waals surface area contributed by atoms with Crippen molar-refractivity contribution in [1.29, 1.82) is 0 Å². The summed E-state index contributed by atoms with van der Waals surface area (Å²) in [4.78, 5) is 0. The van der Waals surface area contributed by atoms with Gasteiger partial charge in [-0.15, -0.1) is 0 Å². The maximum absolute atomic E-state index is 10.8. The fourth-order valence-corrected chi connectivity index (χ4v) is 6.26. The second-order valence-corrected chi connectivity index (χ2v) is 10.4. The van der Waals surface area contributed by atoms with Crippen LogP contribution in [0.3, 0.4) is 0 Å². The number of furan rings is 1. The van der Waals surface area contributed by atoms with Crippen LogP contribution in [-0.4, -0.2) is 36.5 Å². The van der Waals surface area contributed by atoms with Crippen LogP contribution in [0, 0.1) is 0 Å². The Morgan fingerprint density at radius 3 is 1.50 bits per heavy atom. The topological polar surface area (TPSA) is 33.4 Å². The predicted molar refractivity (Wildman–Crippen MR) is 174 cm³/mol. The van der Waals surface area contributed by atoms with Crippen molar-refractivity contribution in [2.45, 2.75) is 0 Å². The molecule has 0 saturated heterocycles. The summed E-state index contributed by atoms with van der Waals surface area (Å²) in [6, 6.07) is 32.3. The lowest BCUT2D eigenvalue weighted by molar-refractivity contribution is 0.484. The Bertz CT molecular complexity index is 2010. The van der Waals surface area contributed by atoms with Gasteiger partial charge in [-0.05, 0) is 62.0 Å². The van der Waals surface area contributed by atoms with Crippen molar-refractivity contribution in [3.05, 3.63) is 91.0 Å². The molecule has 0 saturated carbocycles. The van der Waals surface area contributed by atoms with Crippen molar-refractivity contribution in [1.82, 2.24) is 0 Å². The molecule has 0 aliphatic rings. The molecule has 2 nitrogen and oxygen atoms in total. The van der Waals surface area contributed by atoms with Gasteiger partial charge >= 0.3 is 0 Å². The molecule has 1 heterocycles. The van der Waals surface area contributed by atoms with Crippen LogP contribution in [0.1, 0.15) is 0 Å². The van der Waals surface area contributed by atoms with Crippen LogP contribution in [0.2, 0.25) is 0 Å². The maximum Gasteiger partial charge on any atom is 0.143 e. The van der Waals surface area contributed by atoms with Crippen LogP contribution in [0.15, 0.2) is 95.4 Å². The van der Waals surface area contributed by atoms with Gasteiger partial charge < -0.3 is 9.52 Å². The SMILES string of the molecule is Bc1c(B)c(-c2c3ccccc3c(-c3ccc4oc5ccccc5c4c3)c3ccccc23)c(B)c(B)c1O. The maximum atomic E-state index is 10.8. The quantitative estimate of drug-likeness (QED) is 0.301. The van der Waals surface area contributed by atoms with Crippen molar-refractivity contribution in [2.24, 2.45) is 0 Å². The second-order valence-electron chi connectivity index (χ2n) is 10.4. The molecule has 0 unspecified atom stereocenters. The Hall–Kier alpha value is -4.30. The van der Waals surface area contributed by atoms with Gasteiger partial charge in [0.25, 0.3) is 0 Å². The van der Waals surface area contributed by atoms with E-state index in [0.717, 1.165) is 43.8 Å². The second kappa shape index (κ2) is 8.36. The van der Waals surface area contributed by atoms with Crippen molar-refractivity contribution in [3.8, 4) is 28.0 Å². The zero-order chi connectivity index (χ0) is 26.1. The molecule has 6 heteroatoms. The van der Waals surface area contributed by atoms with Gasteiger partial charge in [0.05, 0.1) is 0 Å². The molecule has 1 aromatic heterocycles. The summed E-state index contributed by atoms with van der Waals surface area (Å²) in [5.41, 5.74) is 10.8. The normalized spacial score (nSPS) is 11.7. The van der Waals surface area contributed by atoms with Crippen molar-refractivity contribution in [2.75, 3.05) is 0 Å². The monoisotopic (exact) mass is 484 g/mol. The van der Waals surface area contributed by atoms with Gasteiger partial charge in [0.2, 0.25) is 0 Å². The summed E-state index contributed by atoms with van der Waals surface area (Å²) in [5.74, 6) is 0.398. The minimum Gasteiger partial charge on any atom is -0.509 e. The Morgan fingerprint density at radius 1 is 0.447 bits per heavy atom. The van der Waals surface area contributed by atoms with E-state index in [1.54, 1.807) is 0 Å². The lowest BCUT2D eigenvalue weighted by atomic mass is 9.64. The number of hydrogen-bond acceptors (Lipinski definition) is 2. The van der Waals surface area contributed by atoms with E-state index in [1.807, 2.05) is 27.8 Å². The predicted octanol–water partition coefficient (Wildman–Crippen LogP) is 1.97. The number of benzene rings is 6. The van der Waals surface area contributed by atoms with Crippen LogP contribution in [-0.2, 0) is 0 Å². The molecule has 7 aromatic rings. The molecular weight excluding hydrogens is 460 g/mol. The highest BCUT2D eigenvalue weighted by Crippen LogP contribution is 2.44. The Kier molecular flexibility index (Phi) is 5.03. The molecule has 0 bridgehead atoms. The zero-order valence-electron chi connectivity index (χ0n) is 22.0. The van der Waals surface area contributed by atoms with E-state index in [9.17, 15) is 5.11 Å². The summed E-state index contributed by atoms with van der Waals surface area (Å²) >= 11 is 0. The first kappa shape index (κ1) is 22.9. The minimum atomic E-state index is 0.398. The van der Waals surface area contributed by atoms with E-state index in [2.05, 4.69) is 94.6 Å². The standard InChI is InChI=1S/C32H24B4O2/c33-28-27(29(34)31(36)32(37)30(28)35)26-20-10-3-1-8-18(20)25(19-9-2-4-11-21(19)26)16-13-14-24-22(15-16)17-7-5-6-12-23(17)38-24/h1-15,37H,33-36H2. The Labute approximate surface area is 224 Å². The number of phenolic OH excluding ortho intramolecular Hbond substituents is 1. The van der Waals surface area contributed by atoms with Gasteiger partial charge in [-0.2, -0.15) is 0 Å². The lowest BCUT2D eigenvalue weighted by Gasteiger charge is -2.23. The number of aromatic hydroxyl groups is 1. The first-order valence-electron chi connectivity index (χ1n) is 13.1. The van der Waals surface area contributed by atoms with Crippen LogP contribution in [0.4, 0.5) is 0 Å². The number of para-hydroxylation sites is 1.